The Bertz CT molecular complexity index is 573. The molecule has 110 valence electrons. The first-order valence-electron chi connectivity index (χ1n) is 7.08. The molecule has 0 radical (unpaired) electrons. The molecule has 2 aliphatic rings. The summed E-state index contributed by atoms with van der Waals surface area (Å²) < 4.78 is 0. The second kappa shape index (κ2) is 5.65. The first kappa shape index (κ1) is 13.8. The molecule has 0 aromatic heterocycles. The lowest BCUT2D eigenvalue weighted by Gasteiger charge is -2.25. The lowest BCUT2D eigenvalue weighted by Crippen LogP contribution is -2.53. The fourth-order valence-corrected chi connectivity index (χ4v) is 2.81. The molecule has 1 aromatic rings. The SMILES string of the molecule is O=C1CCC(NC2CC(=O)N(c3ccccc3)C2)C(=O)N1. The second-order valence-electron chi connectivity index (χ2n) is 5.41. The standard InChI is InChI=1S/C15H17N3O3/c19-13-7-6-12(15(21)17-13)16-10-8-14(20)18(9-10)11-4-2-1-3-5-11/h1-5,10,12,16H,6-9H2,(H,17,19,21). The van der Waals surface area contributed by atoms with Crippen molar-refractivity contribution in [2.24, 2.45) is 0 Å². The molecule has 21 heavy (non-hydrogen) atoms. The van der Waals surface area contributed by atoms with Crippen LogP contribution in [0.15, 0.2) is 30.3 Å². The van der Waals surface area contributed by atoms with Gasteiger partial charge in [-0.2, -0.15) is 0 Å². The van der Waals surface area contributed by atoms with Gasteiger partial charge in [-0.15, -0.1) is 0 Å². The Kier molecular flexibility index (Phi) is 3.70. The number of imide groups is 1. The fourth-order valence-electron chi connectivity index (χ4n) is 2.81. The Labute approximate surface area is 122 Å². The molecule has 3 amide bonds. The van der Waals surface area contributed by atoms with Crippen LogP contribution in [0.2, 0.25) is 0 Å². The molecule has 2 N–H and O–H groups in total. The van der Waals surface area contributed by atoms with E-state index in [1.807, 2.05) is 30.3 Å². The minimum absolute atomic E-state index is 0.0472. The van der Waals surface area contributed by atoms with Crippen molar-refractivity contribution in [3.8, 4) is 0 Å². The number of carbonyl (C=O) groups excluding carboxylic acids is 3. The fraction of sp³-hybridized carbons (Fsp3) is 0.400. The zero-order chi connectivity index (χ0) is 14.8. The van der Waals surface area contributed by atoms with Gasteiger partial charge < -0.3 is 10.2 Å². The molecule has 0 bridgehead atoms. The molecule has 2 aliphatic heterocycles. The van der Waals surface area contributed by atoms with Crippen molar-refractivity contribution < 1.29 is 14.4 Å². The maximum absolute atomic E-state index is 12.1. The van der Waals surface area contributed by atoms with Crippen molar-refractivity contribution in [2.75, 3.05) is 11.4 Å². The zero-order valence-electron chi connectivity index (χ0n) is 11.5. The molecule has 0 spiro atoms. The molecule has 6 nitrogen and oxygen atoms in total. The minimum Gasteiger partial charge on any atom is -0.311 e. The number of nitrogens with one attached hydrogen (secondary N) is 2. The summed E-state index contributed by atoms with van der Waals surface area (Å²) in [4.78, 5) is 36.7. The van der Waals surface area contributed by atoms with E-state index in [1.54, 1.807) is 4.90 Å². The number of anilines is 1. The first-order chi connectivity index (χ1) is 10.1. The van der Waals surface area contributed by atoms with Crippen LogP contribution in [0.4, 0.5) is 5.69 Å². The largest absolute Gasteiger partial charge is 0.311 e. The Balaban J connectivity index is 1.63. The van der Waals surface area contributed by atoms with Crippen molar-refractivity contribution in [3.63, 3.8) is 0 Å². The van der Waals surface area contributed by atoms with Gasteiger partial charge in [-0.05, 0) is 18.6 Å². The van der Waals surface area contributed by atoms with Gasteiger partial charge in [0.05, 0.1) is 6.04 Å². The summed E-state index contributed by atoms with van der Waals surface area (Å²) in [7, 11) is 0. The molecule has 2 fully saturated rings. The van der Waals surface area contributed by atoms with Gasteiger partial charge in [-0.25, -0.2) is 0 Å². The van der Waals surface area contributed by atoms with E-state index < -0.39 is 6.04 Å². The van der Waals surface area contributed by atoms with Crippen LogP contribution in [0.5, 0.6) is 0 Å². The summed E-state index contributed by atoms with van der Waals surface area (Å²) in [6.45, 7) is 0.542. The highest BCUT2D eigenvalue weighted by Gasteiger charge is 2.35. The number of hydrogen-bond acceptors (Lipinski definition) is 4. The number of nitrogens with zero attached hydrogens (tertiary/aromatic N) is 1. The Morgan fingerprint density at radius 1 is 1.14 bits per heavy atom. The maximum Gasteiger partial charge on any atom is 0.243 e. The maximum atomic E-state index is 12.1. The molecule has 0 saturated carbocycles. The van der Waals surface area contributed by atoms with Gasteiger partial charge >= 0.3 is 0 Å². The molecular formula is C15H17N3O3. The lowest BCUT2D eigenvalue weighted by molar-refractivity contribution is -0.135. The first-order valence-corrected chi connectivity index (χ1v) is 7.08. The van der Waals surface area contributed by atoms with Gasteiger partial charge in [0.15, 0.2) is 0 Å². The Morgan fingerprint density at radius 3 is 2.62 bits per heavy atom. The predicted octanol–water partition coefficient (Wildman–Crippen LogP) is 0.187. The number of benzene rings is 1. The second-order valence-corrected chi connectivity index (χ2v) is 5.41. The smallest absolute Gasteiger partial charge is 0.243 e. The summed E-state index contributed by atoms with van der Waals surface area (Å²) >= 11 is 0. The number of para-hydroxylation sites is 1. The van der Waals surface area contributed by atoms with Crippen LogP contribution in [0, 0.1) is 0 Å². The van der Waals surface area contributed by atoms with Gasteiger partial charge in [0, 0.05) is 31.1 Å². The van der Waals surface area contributed by atoms with E-state index in [0.29, 0.717) is 25.8 Å². The molecule has 1 aromatic carbocycles. The van der Waals surface area contributed by atoms with E-state index in [1.165, 1.54) is 0 Å². The molecule has 2 atom stereocenters. The highest BCUT2D eigenvalue weighted by molar-refractivity contribution is 6.00. The quantitative estimate of drug-likeness (QED) is 0.778. The average molecular weight is 287 g/mol. The number of carbonyl (C=O) groups is 3. The molecule has 6 heteroatoms. The van der Waals surface area contributed by atoms with Gasteiger partial charge in [0.2, 0.25) is 17.7 Å². The van der Waals surface area contributed by atoms with Gasteiger partial charge in [-0.1, -0.05) is 18.2 Å². The topological polar surface area (TPSA) is 78.5 Å². The van der Waals surface area contributed by atoms with E-state index in [-0.39, 0.29) is 23.8 Å². The van der Waals surface area contributed by atoms with E-state index in [4.69, 9.17) is 0 Å². The zero-order valence-corrected chi connectivity index (χ0v) is 11.5. The molecular weight excluding hydrogens is 270 g/mol. The van der Waals surface area contributed by atoms with Gasteiger partial charge in [-0.3, -0.25) is 19.7 Å². The number of rotatable bonds is 3. The summed E-state index contributed by atoms with van der Waals surface area (Å²) in [6.07, 6.45) is 1.19. The Hall–Kier alpha value is -2.21. The van der Waals surface area contributed by atoms with Crippen LogP contribution in [0.3, 0.4) is 0 Å². The van der Waals surface area contributed by atoms with Crippen LogP contribution in [0.1, 0.15) is 19.3 Å². The molecule has 0 aliphatic carbocycles. The van der Waals surface area contributed by atoms with Crippen LogP contribution in [0.25, 0.3) is 0 Å². The summed E-state index contributed by atoms with van der Waals surface area (Å²) in [5, 5.41) is 5.51. The molecule has 2 heterocycles. The third kappa shape index (κ3) is 2.95. The average Bonchev–Trinajstić information content (AvgIpc) is 2.84. The molecule has 3 rings (SSSR count). The normalized spacial score (nSPS) is 26.1. The third-order valence-corrected chi connectivity index (χ3v) is 3.87. The monoisotopic (exact) mass is 287 g/mol. The van der Waals surface area contributed by atoms with Crippen LogP contribution < -0.4 is 15.5 Å². The van der Waals surface area contributed by atoms with Gasteiger partial charge in [0.1, 0.15) is 0 Å². The van der Waals surface area contributed by atoms with E-state index in [0.717, 1.165) is 5.69 Å². The van der Waals surface area contributed by atoms with Crippen LogP contribution in [-0.2, 0) is 14.4 Å². The molecule has 2 saturated heterocycles. The van der Waals surface area contributed by atoms with Crippen molar-refractivity contribution in [2.45, 2.75) is 31.3 Å². The summed E-state index contributed by atoms with van der Waals surface area (Å²) in [5.74, 6) is -0.477. The predicted molar refractivity (Wildman–Crippen MR) is 76.5 cm³/mol. The van der Waals surface area contributed by atoms with Crippen molar-refractivity contribution in [3.05, 3.63) is 30.3 Å². The van der Waals surface area contributed by atoms with Crippen molar-refractivity contribution in [1.82, 2.24) is 10.6 Å². The van der Waals surface area contributed by atoms with E-state index in [2.05, 4.69) is 10.6 Å². The number of piperidine rings is 1. The number of amides is 3. The van der Waals surface area contributed by atoms with Crippen LogP contribution >= 0.6 is 0 Å². The summed E-state index contributed by atoms with van der Waals surface area (Å²) in [5.41, 5.74) is 0.870. The van der Waals surface area contributed by atoms with Gasteiger partial charge in [0.25, 0.3) is 0 Å². The minimum atomic E-state index is -0.392. The lowest BCUT2D eigenvalue weighted by atomic mass is 10.0. The van der Waals surface area contributed by atoms with E-state index >= 15 is 0 Å². The highest BCUT2D eigenvalue weighted by atomic mass is 16.2. The Morgan fingerprint density at radius 2 is 1.90 bits per heavy atom. The third-order valence-electron chi connectivity index (χ3n) is 3.87. The molecule has 2 unspecified atom stereocenters. The van der Waals surface area contributed by atoms with Crippen molar-refractivity contribution in [1.29, 1.82) is 0 Å². The highest BCUT2D eigenvalue weighted by Crippen LogP contribution is 2.21. The number of hydrogen-bond donors (Lipinski definition) is 2. The van der Waals surface area contributed by atoms with E-state index in [9.17, 15) is 14.4 Å². The summed E-state index contributed by atoms with van der Waals surface area (Å²) in [6, 6.07) is 9.02. The van der Waals surface area contributed by atoms with Crippen molar-refractivity contribution >= 4 is 23.4 Å². The van der Waals surface area contributed by atoms with Crippen LogP contribution in [-0.4, -0.2) is 36.3 Å².